The molecule has 1 aliphatic rings. The minimum atomic E-state index is 0.725. The first kappa shape index (κ1) is 14.0. The summed E-state index contributed by atoms with van der Waals surface area (Å²) in [5.74, 6) is 0.827. The largest absolute Gasteiger partial charge is 0.312 e. The molecule has 1 fully saturated rings. The molecule has 2 nitrogen and oxygen atoms in total. The van der Waals surface area contributed by atoms with Crippen LogP contribution in [0.15, 0.2) is 0 Å². The Morgan fingerprint density at radius 2 is 1.88 bits per heavy atom. The monoisotopic (exact) mass is 226 g/mol. The van der Waals surface area contributed by atoms with E-state index in [4.69, 9.17) is 0 Å². The lowest BCUT2D eigenvalue weighted by Crippen LogP contribution is -2.39. The van der Waals surface area contributed by atoms with Crippen LogP contribution in [-0.4, -0.2) is 37.1 Å². The number of rotatable bonds is 8. The van der Waals surface area contributed by atoms with Gasteiger partial charge in [0, 0.05) is 19.1 Å². The van der Waals surface area contributed by atoms with Gasteiger partial charge in [-0.3, -0.25) is 0 Å². The Kier molecular flexibility index (Phi) is 7.06. The third kappa shape index (κ3) is 4.84. The molecule has 1 rings (SSSR count). The summed E-state index contributed by atoms with van der Waals surface area (Å²) in [6, 6.07) is 0.725. The van der Waals surface area contributed by atoms with Crippen molar-refractivity contribution in [1.29, 1.82) is 0 Å². The van der Waals surface area contributed by atoms with Crippen molar-refractivity contribution in [2.24, 2.45) is 5.92 Å². The van der Waals surface area contributed by atoms with Crippen LogP contribution in [0.25, 0.3) is 0 Å². The lowest BCUT2D eigenvalue weighted by atomic mass is 9.95. The molecule has 1 N–H and O–H groups in total. The Labute approximate surface area is 102 Å². The van der Waals surface area contributed by atoms with Gasteiger partial charge in [0.1, 0.15) is 0 Å². The Balaban J connectivity index is 2.12. The minimum absolute atomic E-state index is 0.725. The van der Waals surface area contributed by atoms with Gasteiger partial charge in [-0.25, -0.2) is 0 Å². The molecule has 1 saturated heterocycles. The van der Waals surface area contributed by atoms with Crippen LogP contribution in [0.4, 0.5) is 0 Å². The van der Waals surface area contributed by atoms with Crippen molar-refractivity contribution in [3.8, 4) is 0 Å². The maximum Gasteiger partial charge on any atom is 0.0107 e. The normalized spacial score (nSPS) is 21.2. The van der Waals surface area contributed by atoms with Gasteiger partial charge in [-0.15, -0.1) is 0 Å². The van der Waals surface area contributed by atoms with Crippen LogP contribution in [0, 0.1) is 5.92 Å². The Bertz CT molecular complexity index is 164. The molecule has 2 heteroatoms. The highest BCUT2D eigenvalue weighted by atomic mass is 15.2. The summed E-state index contributed by atoms with van der Waals surface area (Å²) in [5.41, 5.74) is 0. The van der Waals surface area contributed by atoms with E-state index in [2.05, 4.69) is 31.0 Å². The highest BCUT2D eigenvalue weighted by Gasteiger charge is 2.15. The van der Waals surface area contributed by atoms with E-state index in [1.165, 1.54) is 58.3 Å². The number of hydrogen-bond acceptors (Lipinski definition) is 2. The Hall–Kier alpha value is -0.0800. The summed E-state index contributed by atoms with van der Waals surface area (Å²) in [6.45, 7) is 12.0. The highest BCUT2D eigenvalue weighted by molar-refractivity contribution is 4.73. The zero-order chi connectivity index (χ0) is 11.8. The van der Waals surface area contributed by atoms with Gasteiger partial charge in [-0.1, -0.05) is 27.2 Å². The van der Waals surface area contributed by atoms with Gasteiger partial charge in [-0.05, 0) is 44.7 Å². The predicted molar refractivity (Wildman–Crippen MR) is 71.8 cm³/mol. The summed E-state index contributed by atoms with van der Waals surface area (Å²) >= 11 is 0. The molecule has 16 heavy (non-hydrogen) atoms. The molecule has 0 spiro atoms. The third-order valence-electron chi connectivity index (χ3n) is 3.90. The molecule has 0 amide bonds. The van der Waals surface area contributed by atoms with Crippen molar-refractivity contribution in [1.82, 2.24) is 10.2 Å². The van der Waals surface area contributed by atoms with E-state index in [1.54, 1.807) is 0 Å². The Morgan fingerprint density at radius 3 is 2.44 bits per heavy atom. The van der Waals surface area contributed by atoms with Gasteiger partial charge >= 0.3 is 0 Å². The van der Waals surface area contributed by atoms with E-state index in [1.807, 2.05) is 0 Å². The standard InChI is InChI=1S/C14H30N2/c1-4-8-13(3)14(5-2)15-9-12-16-10-6-7-11-16/h13-15H,4-12H2,1-3H3. The van der Waals surface area contributed by atoms with Crippen LogP contribution in [0.2, 0.25) is 0 Å². The lowest BCUT2D eigenvalue weighted by Gasteiger charge is -2.25. The zero-order valence-electron chi connectivity index (χ0n) is 11.5. The van der Waals surface area contributed by atoms with Gasteiger partial charge in [0.15, 0.2) is 0 Å². The molecule has 0 aliphatic carbocycles. The van der Waals surface area contributed by atoms with E-state index in [0.29, 0.717) is 0 Å². The molecule has 0 radical (unpaired) electrons. The third-order valence-corrected chi connectivity index (χ3v) is 3.90. The second-order valence-corrected chi connectivity index (χ2v) is 5.28. The van der Waals surface area contributed by atoms with Gasteiger partial charge in [-0.2, -0.15) is 0 Å². The van der Waals surface area contributed by atoms with E-state index in [9.17, 15) is 0 Å². The fourth-order valence-corrected chi connectivity index (χ4v) is 2.82. The van der Waals surface area contributed by atoms with E-state index < -0.39 is 0 Å². The minimum Gasteiger partial charge on any atom is -0.312 e. The van der Waals surface area contributed by atoms with Crippen molar-refractivity contribution in [3.63, 3.8) is 0 Å². The van der Waals surface area contributed by atoms with Gasteiger partial charge in [0.2, 0.25) is 0 Å². The molecular weight excluding hydrogens is 196 g/mol. The summed E-state index contributed by atoms with van der Waals surface area (Å²) in [4.78, 5) is 2.59. The number of hydrogen-bond donors (Lipinski definition) is 1. The second kappa shape index (κ2) is 8.08. The maximum absolute atomic E-state index is 3.74. The maximum atomic E-state index is 3.74. The molecule has 1 aliphatic heterocycles. The quantitative estimate of drug-likeness (QED) is 0.684. The molecule has 2 atom stereocenters. The summed E-state index contributed by atoms with van der Waals surface area (Å²) in [5, 5.41) is 3.74. The SMILES string of the molecule is CCCC(C)C(CC)NCCN1CCCC1. The predicted octanol–water partition coefficient (Wildman–Crippen LogP) is 2.89. The smallest absolute Gasteiger partial charge is 0.0107 e. The molecule has 0 aromatic carbocycles. The van der Waals surface area contributed by atoms with Crippen LogP contribution < -0.4 is 5.32 Å². The topological polar surface area (TPSA) is 15.3 Å². The van der Waals surface area contributed by atoms with Gasteiger partial charge in [0.25, 0.3) is 0 Å². The average Bonchev–Trinajstić information content (AvgIpc) is 2.77. The number of likely N-dealkylation sites (tertiary alicyclic amines) is 1. The molecule has 0 aromatic heterocycles. The summed E-state index contributed by atoms with van der Waals surface area (Å²) in [7, 11) is 0. The van der Waals surface area contributed by atoms with Crippen LogP contribution in [-0.2, 0) is 0 Å². The van der Waals surface area contributed by atoms with Crippen molar-refractivity contribution >= 4 is 0 Å². The average molecular weight is 226 g/mol. The van der Waals surface area contributed by atoms with Crippen LogP contribution >= 0.6 is 0 Å². The molecular formula is C14H30N2. The summed E-state index contributed by atoms with van der Waals surface area (Å²) < 4.78 is 0. The van der Waals surface area contributed by atoms with E-state index in [0.717, 1.165) is 12.0 Å². The van der Waals surface area contributed by atoms with Crippen molar-refractivity contribution in [2.45, 2.75) is 58.9 Å². The van der Waals surface area contributed by atoms with Gasteiger partial charge in [0.05, 0.1) is 0 Å². The van der Waals surface area contributed by atoms with Crippen molar-refractivity contribution in [2.75, 3.05) is 26.2 Å². The second-order valence-electron chi connectivity index (χ2n) is 5.28. The van der Waals surface area contributed by atoms with Crippen molar-refractivity contribution in [3.05, 3.63) is 0 Å². The molecule has 1 heterocycles. The van der Waals surface area contributed by atoms with Crippen LogP contribution in [0.5, 0.6) is 0 Å². The lowest BCUT2D eigenvalue weighted by molar-refractivity contribution is 0.297. The molecule has 96 valence electrons. The van der Waals surface area contributed by atoms with Crippen LogP contribution in [0.1, 0.15) is 52.9 Å². The fraction of sp³-hybridized carbons (Fsp3) is 1.00. The van der Waals surface area contributed by atoms with Crippen molar-refractivity contribution < 1.29 is 0 Å². The zero-order valence-corrected chi connectivity index (χ0v) is 11.5. The fourth-order valence-electron chi connectivity index (χ4n) is 2.82. The first-order valence-electron chi connectivity index (χ1n) is 7.23. The Morgan fingerprint density at radius 1 is 1.19 bits per heavy atom. The molecule has 0 bridgehead atoms. The first-order chi connectivity index (χ1) is 7.77. The number of nitrogens with zero attached hydrogens (tertiary/aromatic N) is 1. The molecule has 0 aromatic rings. The summed E-state index contributed by atoms with van der Waals surface area (Å²) in [6.07, 6.45) is 6.74. The molecule has 2 unspecified atom stereocenters. The van der Waals surface area contributed by atoms with E-state index >= 15 is 0 Å². The number of nitrogens with one attached hydrogen (secondary N) is 1. The van der Waals surface area contributed by atoms with Crippen LogP contribution in [0.3, 0.4) is 0 Å². The van der Waals surface area contributed by atoms with Gasteiger partial charge < -0.3 is 10.2 Å². The van der Waals surface area contributed by atoms with E-state index in [-0.39, 0.29) is 0 Å². The first-order valence-corrected chi connectivity index (χ1v) is 7.23. The highest BCUT2D eigenvalue weighted by Crippen LogP contribution is 2.13. The molecule has 0 saturated carbocycles.